The first-order valence-corrected chi connectivity index (χ1v) is 9.00. The number of hydrogen-bond acceptors (Lipinski definition) is 5. The molecule has 0 aliphatic carbocycles. The minimum atomic E-state index is -0.0433. The van der Waals surface area contributed by atoms with Crippen molar-refractivity contribution in [2.75, 3.05) is 0 Å². The van der Waals surface area contributed by atoms with Gasteiger partial charge in [0.25, 0.3) is 0 Å². The van der Waals surface area contributed by atoms with Crippen LogP contribution in [-0.2, 0) is 12.8 Å². The number of rotatable bonds is 4. The smallest absolute Gasteiger partial charge is 0.122 e. The van der Waals surface area contributed by atoms with E-state index in [9.17, 15) is 25.5 Å². The van der Waals surface area contributed by atoms with Gasteiger partial charge in [0.15, 0.2) is 0 Å². The Morgan fingerprint density at radius 3 is 1.46 bits per heavy atom. The molecule has 3 rings (SSSR count). The molecule has 0 heterocycles. The summed E-state index contributed by atoms with van der Waals surface area (Å²) in [6, 6.07) is 9.45. The second-order valence-corrected chi connectivity index (χ2v) is 7.25. The first-order chi connectivity index (χ1) is 13.2. The molecule has 5 heteroatoms. The van der Waals surface area contributed by atoms with E-state index in [4.69, 9.17) is 0 Å². The van der Waals surface area contributed by atoms with Crippen molar-refractivity contribution in [3.05, 3.63) is 75.3 Å². The second kappa shape index (κ2) is 7.35. The Hall–Kier alpha value is -3.34. The predicted octanol–water partition coefficient (Wildman–Crippen LogP) is 4.32. The fourth-order valence-electron chi connectivity index (χ4n) is 3.40. The van der Waals surface area contributed by atoms with Gasteiger partial charge in [0.05, 0.1) is 0 Å². The molecule has 0 fully saturated rings. The molecular formula is C23H24O5. The topological polar surface area (TPSA) is 101 Å². The number of aromatic hydroxyl groups is 5. The van der Waals surface area contributed by atoms with E-state index in [1.165, 1.54) is 12.1 Å². The third kappa shape index (κ3) is 3.69. The normalized spacial score (nSPS) is 11.0. The maximum absolute atomic E-state index is 10.5. The number of phenolic OH excluding ortho intramolecular Hbond substituents is 5. The van der Waals surface area contributed by atoms with Gasteiger partial charge in [-0.15, -0.1) is 0 Å². The zero-order valence-electron chi connectivity index (χ0n) is 16.1. The van der Waals surface area contributed by atoms with Gasteiger partial charge in [-0.25, -0.2) is 0 Å². The van der Waals surface area contributed by atoms with Crippen LogP contribution in [0.4, 0.5) is 0 Å². The van der Waals surface area contributed by atoms with Crippen molar-refractivity contribution < 1.29 is 25.5 Å². The predicted molar refractivity (Wildman–Crippen MR) is 107 cm³/mol. The number of phenols is 5. The van der Waals surface area contributed by atoms with Crippen molar-refractivity contribution in [2.24, 2.45) is 0 Å². The quantitative estimate of drug-likeness (QED) is 0.464. The molecule has 0 radical (unpaired) electrons. The van der Waals surface area contributed by atoms with Gasteiger partial charge in [0, 0.05) is 30.5 Å². The summed E-state index contributed by atoms with van der Waals surface area (Å²) < 4.78 is 0. The average molecular weight is 380 g/mol. The van der Waals surface area contributed by atoms with Crippen LogP contribution in [0, 0.1) is 20.8 Å². The van der Waals surface area contributed by atoms with Crippen LogP contribution >= 0.6 is 0 Å². The van der Waals surface area contributed by atoms with Crippen molar-refractivity contribution in [3.8, 4) is 28.7 Å². The van der Waals surface area contributed by atoms with Gasteiger partial charge in [-0.05, 0) is 72.4 Å². The molecule has 0 aliphatic heterocycles. The Morgan fingerprint density at radius 2 is 0.964 bits per heavy atom. The van der Waals surface area contributed by atoms with Crippen LogP contribution < -0.4 is 0 Å². The van der Waals surface area contributed by atoms with Crippen molar-refractivity contribution in [1.29, 1.82) is 0 Å². The number of aryl methyl sites for hydroxylation is 3. The lowest BCUT2D eigenvalue weighted by Crippen LogP contribution is -2.02. The van der Waals surface area contributed by atoms with E-state index in [2.05, 4.69) is 0 Å². The SMILES string of the molecule is Cc1cc(Cc2c(C)ccc(O)c2Cc2cc(C)c(O)cc2O)c(O)cc1O. The Bertz CT molecular complexity index is 969. The summed E-state index contributed by atoms with van der Waals surface area (Å²) >= 11 is 0. The number of benzene rings is 3. The van der Waals surface area contributed by atoms with E-state index < -0.39 is 0 Å². The lowest BCUT2D eigenvalue weighted by Gasteiger charge is -2.17. The molecule has 3 aromatic carbocycles. The molecule has 0 aromatic heterocycles. The highest BCUT2D eigenvalue weighted by atomic mass is 16.3. The van der Waals surface area contributed by atoms with Crippen LogP contribution in [-0.4, -0.2) is 25.5 Å². The van der Waals surface area contributed by atoms with Crippen LogP contribution in [0.15, 0.2) is 36.4 Å². The van der Waals surface area contributed by atoms with Crippen molar-refractivity contribution in [3.63, 3.8) is 0 Å². The van der Waals surface area contributed by atoms with Crippen molar-refractivity contribution >= 4 is 0 Å². The Kier molecular flexibility index (Phi) is 5.10. The third-order valence-electron chi connectivity index (χ3n) is 5.17. The molecule has 0 saturated carbocycles. The molecule has 3 aromatic rings. The Balaban J connectivity index is 2.08. The second-order valence-electron chi connectivity index (χ2n) is 7.25. The standard InChI is InChI=1S/C23H24O5/c1-12-4-5-19(24)18(9-16-7-14(3)21(26)11-23(16)28)17(12)8-15-6-13(2)20(25)10-22(15)27/h4-7,10-11,24-28H,8-9H2,1-3H3. The van der Waals surface area contributed by atoms with E-state index in [-0.39, 0.29) is 35.2 Å². The number of hydrogen-bond donors (Lipinski definition) is 5. The van der Waals surface area contributed by atoms with E-state index in [1.54, 1.807) is 38.1 Å². The van der Waals surface area contributed by atoms with Crippen LogP contribution in [0.1, 0.15) is 38.9 Å². The highest BCUT2D eigenvalue weighted by molar-refractivity contribution is 5.54. The highest BCUT2D eigenvalue weighted by Crippen LogP contribution is 2.36. The van der Waals surface area contributed by atoms with Crippen LogP contribution in [0.3, 0.4) is 0 Å². The maximum Gasteiger partial charge on any atom is 0.122 e. The van der Waals surface area contributed by atoms with Gasteiger partial charge in [-0.2, -0.15) is 0 Å². The first-order valence-electron chi connectivity index (χ1n) is 9.00. The van der Waals surface area contributed by atoms with Gasteiger partial charge in [-0.1, -0.05) is 6.07 Å². The van der Waals surface area contributed by atoms with Crippen molar-refractivity contribution in [2.45, 2.75) is 33.6 Å². The lowest BCUT2D eigenvalue weighted by atomic mass is 9.89. The Morgan fingerprint density at radius 1 is 0.500 bits per heavy atom. The van der Waals surface area contributed by atoms with E-state index in [0.29, 0.717) is 34.2 Å². The minimum absolute atomic E-state index is 0.0134. The molecule has 5 N–H and O–H groups in total. The zero-order valence-corrected chi connectivity index (χ0v) is 16.1. The molecule has 0 amide bonds. The largest absolute Gasteiger partial charge is 0.508 e. The highest BCUT2D eigenvalue weighted by Gasteiger charge is 2.17. The summed E-state index contributed by atoms with van der Waals surface area (Å²) in [4.78, 5) is 0. The van der Waals surface area contributed by atoms with Crippen molar-refractivity contribution in [1.82, 2.24) is 0 Å². The maximum atomic E-state index is 10.5. The molecule has 0 aliphatic rings. The average Bonchev–Trinajstić information content (AvgIpc) is 2.62. The molecule has 0 unspecified atom stereocenters. The molecule has 0 atom stereocenters. The van der Waals surface area contributed by atoms with E-state index in [0.717, 1.165) is 11.1 Å². The fourth-order valence-corrected chi connectivity index (χ4v) is 3.40. The summed E-state index contributed by atoms with van der Waals surface area (Å²) in [5, 5.41) is 50.5. The van der Waals surface area contributed by atoms with Gasteiger partial charge >= 0.3 is 0 Å². The summed E-state index contributed by atoms with van der Waals surface area (Å²) in [6.07, 6.45) is 0.633. The van der Waals surface area contributed by atoms with Gasteiger partial charge in [0.1, 0.15) is 28.7 Å². The molecular weight excluding hydrogens is 356 g/mol. The summed E-state index contributed by atoms with van der Waals surface area (Å²) in [6.45, 7) is 5.42. The molecule has 5 nitrogen and oxygen atoms in total. The molecule has 146 valence electrons. The van der Waals surface area contributed by atoms with Crippen LogP contribution in [0.2, 0.25) is 0 Å². The van der Waals surface area contributed by atoms with Gasteiger partial charge in [-0.3, -0.25) is 0 Å². The molecule has 28 heavy (non-hydrogen) atoms. The van der Waals surface area contributed by atoms with Gasteiger partial charge in [0.2, 0.25) is 0 Å². The zero-order chi connectivity index (χ0) is 20.6. The third-order valence-corrected chi connectivity index (χ3v) is 5.17. The summed E-state index contributed by atoms with van der Waals surface area (Å²) in [5.41, 5.74) is 4.93. The monoisotopic (exact) mass is 380 g/mol. The molecule has 0 bridgehead atoms. The fraction of sp³-hybridized carbons (Fsp3) is 0.217. The van der Waals surface area contributed by atoms with E-state index in [1.807, 2.05) is 6.92 Å². The summed E-state index contributed by atoms with van der Waals surface area (Å²) in [7, 11) is 0. The lowest BCUT2D eigenvalue weighted by molar-refractivity contribution is 0.441. The van der Waals surface area contributed by atoms with Gasteiger partial charge < -0.3 is 25.5 Å². The van der Waals surface area contributed by atoms with Crippen LogP contribution in [0.25, 0.3) is 0 Å². The molecule has 0 saturated heterocycles. The molecule has 0 spiro atoms. The minimum Gasteiger partial charge on any atom is -0.508 e. The van der Waals surface area contributed by atoms with E-state index >= 15 is 0 Å². The first kappa shape index (κ1) is 19.4. The Labute approximate surface area is 163 Å². The summed E-state index contributed by atoms with van der Waals surface area (Å²) in [5.74, 6) is 0.0807. The van der Waals surface area contributed by atoms with Crippen LogP contribution in [0.5, 0.6) is 28.7 Å².